The highest BCUT2D eigenvalue weighted by Gasteiger charge is 2.21. The van der Waals surface area contributed by atoms with Gasteiger partial charge in [-0.3, -0.25) is 19.3 Å². The average molecular weight is 461 g/mol. The lowest BCUT2D eigenvalue weighted by Gasteiger charge is -2.21. The molecule has 1 aromatic heterocycles. The van der Waals surface area contributed by atoms with Crippen LogP contribution in [0.1, 0.15) is 23.5 Å². The first-order chi connectivity index (χ1) is 15.8. The van der Waals surface area contributed by atoms with Crippen LogP contribution < -0.4 is 9.80 Å². The summed E-state index contributed by atoms with van der Waals surface area (Å²) >= 11 is 1.38. The number of carbonyl (C=O) groups excluding carboxylic acids is 3. The summed E-state index contributed by atoms with van der Waals surface area (Å²) in [6, 6.07) is 20.7. The fourth-order valence-corrected chi connectivity index (χ4v) is 4.82. The molecule has 0 spiro atoms. The van der Waals surface area contributed by atoms with Gasteiger partial charge >= 0.3 is 0 Å². The summed E-state index contributed by atoms with van der Waals surface area (Å²) in [4.78, 5) is 40.2. The number of anilines is 2. The number of hydrogen-bond acceptors (Lipinski definition) is 4. The molecular formula is C26H21FN2O3S. The second-order valence-corrected chi connectivity index (χ2v) is 8.68. The Morgan fingerprint density at radius 2 is 1.45 bits per heavy atom. The van der Waals surface area contributed by atoms with E-state index in [2.05, 4.69) is 0 Å². The first kappa shape index (κ1) is 22.4. The van der Waals surface area contributed by atoms with Gasteiger partial charge in [0.2, 0.25) is 11.8 Å². The molecule has 4 rings (SSSR count). The van der Waals surface area contributed by atoms with Crippen LogP contribution in [-0.4, -0.2) is 24.8 Å². The van der Waals surface area contributed by atoms with Crippen molar-refractivity contribution < 1.29 is 18.8 Å². The van der Waals surface area contributed by atoms with Crippen LogP contribution in [0, 0.1) is 5.82 Å². The van der Waals surface area contributed by atoms with Crippen LogP contribution in [0.4, 0.5) is 15.8 Å². The zero-order chi connectivity index (χ0) is 23.7. The number of amides is 3. The molecule has 0 saturated heterocycles. The normalized spacial score (nSPS) is 10.8. The summed E-state index contributed by atoms with van der Waals surface area (Å²) in [7, 11) is 1.65. The van der Waals surface area contributed by atoms with E-state index in [1.54, 1.807) is 43.4 Å². The predicted molar refractivity (Wildman–Crippen MR) is 130 cm³/mol. The Kier molecular flexibility index (Phi) is 6.07. The zero-order valence-electron chi connectivity index (χ0n) is 18.3. The lowest BCUT2D eigenvalue weighted by atomic mass is 10.0. The van der Waals surface area contributed by atoms with Gasteiger partial charge in [0.15, 0.2) is 0 Å². The fraction of sp³-hybridized carbons (Fsp3) is 0.115. The second-order valence-electron chi connectivity index (χ2n) is 7.59. The molecule has 33 heavy (non-hydrogen) atoms. The van der Waals surface area contributed by atoms with Gasteiger partial charge in [-0.25, -0.2) is 4.39 Å². The summed E-state index contributed by atoms with van der Waals surface area (Å²) in [5, 5.41) is 0.916. The van der Waals surface area contributed by atoms with Crippen LogP contribution in [0.15, 0.2) is 72.8 Å². The van der Waals surface area contributed by atoms with E-state index in [0.717, 1.165) is 26.1 Å². The number of carbonyl (C=O) groups is 3. The summed E-state index contributed by atoms with van der Waals surface area (Å²) in [6.07, 6.45) is 0. The molecule has 0 N–H and O–H groups in total. The van der Waals surface area contributed by atoms with Crippen molar-refractivity contribution >= 4 is 50.5 Å². The van der Waals surface area contributed by atoms with Crippen molar-refractivity contribution in [2.45, 2.75) is 13.8 Å². The minimum absolute atomic E-state index is 0.212. The SMILES string of the molecule is CC(=O)N(C(C)=O)c1cccc(N(C)C(=O)c2cc3c(-c4ccc(F)cc4)cccc3s2)c1. The van der Waals surface area contributed by atoms with Gasteiger partial charge in [0.25, 0.3) is 5.91 Å². The van der Waals surface area contributed by atoms with Crippen molar-refractivity contribution in [3.05, 3.63) is 83.5 Å². The van der Waals surface area contributed by atoms with Crippen LogP contribution in [0.2, 0.25) is 0 Å². The van der Waals surface area contributed by atoms with Gasteiger partial charge in [-0.15, -0.1) is 11.3 Å². The van der Waals surface area contributed by atoms with Crippen molar-refractivity contribution in [3.63, 3.8) is 0 Å². The average Bonchev–Trinajstić information content (AvgIpc) is 3.23. The molecule has 0 unspecified atom stereocenters. The minimum Gasteiger partial charge on any atom is -0.311 e. The zero-order valence-corrected chi connectivity index (χ0v) is 19.2. The minimum atomic E-state index is -0.397. The number of imide groups is 1. The van der Waals surface area contributed by atoms with Gasteiger partial charge in [0.1, 0.15) is 5.82 Å². The Labute approximate surface area is 194 Å². The molecule has 5 nitrogen and oxygen atoms in total. The Morgan fingerprint density at radius 1 is 0.818 bits per heavy atom. The Bertz CT molecular complexity index is 1360. The lowest BCUT2D eigenvalue weighted by Crippen LogP contribution is -2.33. The molecular weight excluding hydrogens is 439 g/mol. The third-order valence-corrected chi connectivity index (χ3v) is 6.43. The number of halogens is 1. The maximum absolute atomic E-state index is 13.4. The molecule has 0 aliphatic rings. The molecule has 1 heterocycles. The molecule has 0 saturated carbocycles. The second kappa shape index (κ2) is 8.96. The molecule has 0 aliphatic heterocycles. The molecule has 3 aromatic carbocycles. The molecule has 7 heteroatoms. The topological polar surface area (TPSA) is 57.7 Å². The number of hydrogen-bond donors (Lipinski definition) is 0. The number of rotatable bonds is 4. The van der Waals surface area contributed by atoms with E-state index in [-0.39, 0.29) is 11.7 Å². The first-order valence-corrected chi connectivity index (χ1v) is 11.1. The van der Waals surface area contributed by atoms with Crippen LogP contribution in [-0.2, 0) is 9.59 Å². The fourth-order valence-electron chi connectivity index (χ4n) is 3.76. The largest absolute Gasteiger partial charge is 0.311 e. The molecule has 4 aromatic rings. The number of benzene rings is 3. The van der Waals surface area contributed by atoms with Crippen molar-refractivity contribution in [2.24, 2.45) is 0 Å². The summed E-state index contributed by atoms with van der Waals surface area (Å²) in [6.45, 7) is 2.64. The van der Waals surface area contributed by atoms with E-state index < -0.39 is 11.8 Å². The number of fused-ring (bicyclic) bond motifs is 1. The van der Waals surface area contributed by atoms with E-state index in [1.807, 2.05) is 24.3 Å². The van der Waals surface area contributed by atoms with Gasteiger partial charge in [0.05, 0.1) is 10.6 Å². The van der Waals surface area contributed by atoms with Crippen LogP contribution >= 0.6 is 11.3 Å². The van der Waals surface area contributed by atoms with Gasteiger partial charge in [-0.2, -0.15) is 0 Å². The smallest absolute Gasteiger partial charge is 0.268 e. The highest BCUT2D eigenvalue weighted by Crippen LogP contribution is 2.35. The van der Waals surface area contributed by atoms with E-state index >= 15 is 0 Å². The molecule has 0 aliphatic carbocycles. The Balaban J connectivity index is 1.69. The summed E-state index contributed by atoms with van der Waals surface area (Å²) in [5.41, 5.74) is 2.75. The first-order valence-electron chi connectivity index (χ1n) is 10.2. The van der Waals surface area contributed by atoms with Crippen molar-refractivity contribution in [1.29, 1.82) is 0 Å². The van der Waals surface area contributed by atoms with E-state index in [9.17, 15) is 18.8 Å². The van der Waals surface area contributed by atoms with Crippen LogP contribution in [0.25, 0.3) is 21.2 Å². The van der Waals surface area contributed by atoms with Gasteiger partial charge in [-0.05, 0) is 53.6 Å². The maximum atomic E-state index is 13.4. The van der Waals surface area contributed by atoms with Crippen LogP contribution in [0.3, 0.4) is 0 Å². The standard InChI is InChI=1S/C26H21FN2O3S/c1-16(30)29(17(2)31)21-7-4-6-20(14-21)28(3)26(32)25-15-23-22(8-5-9-24(23)33-25)18-10-12-19(27)13-11-18/h4-15H,1-3H3. The molecule has 3 amide bonds. The van der Waals surface area contributed by atoms with E-state index in [4.69, 9.17) is 0 Å². The summed E-state index contributed by atoms with van der Waals surface area (Å²) < 4.78 is 14.3. The van der Waals surface area contributed by atoms with E-state index in [1.165, 1.54) is 42.2 Å². The van der Waals surface area contributed by atoms with Crippen LogP contribution in [0.5, 0.6) is 0 Å². The maximum Gasteiger partial charge on any atom is 0.268 e. The van der Waals surface area contributed by atoms with E-state index in [0.29, 0.717) is 16.3 Å². The quantitative estimate of drug-likeness (QED) is 0.382. The lowest BCUT2D eigenvalue weighted by molar-refractivity contribution is -0.124. The third-order valence-electron chi connectivity index (χ3n) is 5.34. The van der Waals surface area contributed by atoms with Crippen molar-refractivity contribution in [2.75, 3.05) is 16.8 Å². The third kappa shape index (κ3) is 4.40. The number of nitrogens with zero attached hydrogens (tertiary/aromatic N) is 2. The number of thiophene rings is 1. The Morgan fingerprint density at radius 3 is 2.12 bits per heavy atom. The molecule has 0 radical (unpaired) electrons. The molecule has 0 atom stereocenters. The highest BCUT2D eigenvalue weighted by molar-refractivity contribution is 7.21. The van der Waals surface area contributed by atoms with Gasteiger partial charge in [0, 0.05) is 36.7 Å². The van der Waals surface area contributed by atoms with Gasteiger partial charge < -0.3 is 4.90 Å². The van der Waals surface area contributed by atoms with Crippen molar-refractivity contribution in [3.8, 4) is 11.1 Å². The highest BCUT2D eigenvalue weighted by atomic mass is 32.1. The predicted octanol–water partition coefficient (Wildman–Crippen LogP) is 5.88. The molecule has 0 fully saturated rings. The summed E-state index contributed by atoms with van der Waals surface area (Å²) in [5.74, 6) is -1.31. The monoisotopic (exact) mass is 460 g/mol. The molecule has 166 valence electrons. The molecule has 0 bridgehead atoms. The Hall–Kier alpha value is -3.84. The van der Waals surface area contributed by atoms with Gasteiger partial charge in [-0.1, -0.05) is 30.3 Å². The van der Waals surface area contributed by atoms with Crippen molar-refractivity contribution in [1.82, 2.24) is 0 Å².